The highest BCUT2D eigenvalue weighted by Crippen LogP contribution is 2.34. The van der Waals surface area contributed by atoms with Crippen molar-refractivity contribution < 1.29 is 0 Å². The second-order valence-corrected chi connectivity index (χ2v) is 7.85. The predicted molar refractivity (Wildman–Crippen MR) is 83.7 cm³/mol. The number of thiazole rings is 1. The van der Waals surface area contributed by atoms with Gasteiger partial charge in [0, 0.05) is 17.1 Å². The molecule has 108 valence electrons. The molecule has 1 heterocycles. The largest absolute Gasteiger partial charge is 0.305 e. The van der Waals surface area contributed by atoms with E-state index >= 15 is 0 Å². The first-order valence-corrected chi connectivity index (χ1v) is 8.52. The molecule has 0 radical (unpaired) electrons. The molecule has 0 aromatic carbocycles. The van der Waals surface area contributed by atoms with Crippen LogP contribution in [0.5, 0.6) is 0 Å². The van der Waals surface area contributed by atoms with E-state index in [9.17, 15) is 0 Å². The molecule has 0 aliphatic heterocycles. The summed E-state index contributed by atoms with van der Waals surface area (Å²) in [6.45, 7) is 9.28. The zero-order valence-corrected chi connectivity index (χ0v) is 13.6. The summed E-state index contributed by atoms with van der Waals surface area (Å²) in [5, 5.41) is 5.05. The number of aryl methyl sites for hydroxylation is 1. The van der Waals surface area contributed by atoms with Crippen LogP contribution in [-0.2, 0) is 6.42 Å². The lowest BCUT2D eigenvalue weighted by Gasteiger charge is -2.23. The summed E-state index contributed by atoms with van der Waals surface area (Å²) < 4.78 is 0. The number of nitrogens with zero attached hydrogens (tertiary/aromatic N) is 1. The van der Waals surface area contributed by atoms with Gasteiger partial charge >= 0.3 is 0 Å². The first kappa shape index (κ1) is 15.0. The highest BCUT2D eigenvalue weighted by molar-refractivity contribution is 7.11. The summed E-state index contributed by atoms with van der Waals surface area (Å²) in [6, 6.07) is 1.07. The molecule has 1 fully saturated rings. The topological polar surface area (TPSA) is 24.9 Å². The van der Waals surface area contributed by atoms with E-state index in [1.807, 2.05) is 17.5 Å². The van der Waals surface area contributed by atoms with Crippen molar-refractivity contribution in [1.82, 2.24) is 10.3 Å². The highest BCUT2D eigenvalue weighted by Gasteiger charge is 2.25. The molecule has 0 amide bonds. The van der Waals surface area contributed by atoms with E-state index in [1.165, 1.54) is 42.0 Å². The maximum absolute atomic E-state index is 4.56. The summed E-state index contributed by atoms with van der Waals surface area (Å²) in [5.74, 6) is 0. The number of nitrogens with one attached hydrogen (secondary N) is 1. The van der Waals surface area contributed by atoms with Gasteiger partial charge in [-0.3, -0.25) is 0 Å². The van der Waals surface area contributed by atoms with Crippen molar-refractivity contribution in [2.24, 2.45) is 5.41 Å². The first-order valence-electron chi connectivity index (χ1n) is 7.71. The maximum Gasteiger partial charge on any atom is 0.109 e. The van der Waals surface area contributed by atoms with Crippen LogP contribution in [0.25, 0.3) is 0 Å². The molecule has 1 N–H and O–H groups in total. The lowest BCUT2D eigenvalue weighted by atomic mass is 9.85. The molecule has 0 spiro atoms. The molecule has 0 saturated heterocycles. The molecule has 1 aliphatic carbocycles. The Morgan fingerprint density at radius 2 is 2.21 bits per heavy atom. The third kappa shape index (κ3) is 4.28. The average molecular weight is 280 g/mol. The molecule has 1 aliphatic rings. The lowest BCUT2D eigenvalue weighted by molar-refractivity contribution is 0.307. The molecule has 2 atom stereocenters. The molecule has 2 nitrogen and oxygen atoms in total. The monoisotopic (exact) mass is 280 g/mol. The van der Waals surface area contributed by atoms with Gasteiger partial charge in [0.15, 0.2) is 0 Å². The fraction of sp³-hybridized carbons (Fsp3) is 0.812. The number of rotatable bonds is 4. The van der Waals surface area contributed by atoms with E-state index in [0.29, 0.717) is 17.5 Å². The summed E-state index contributed by atoms with van der Waals surface area (Å²) in [7, 11) is 0. The van der Waals surface area contributed by atoms with E-state index in [1.54, 1.807) is 0 Å². The SMILES string of the molecule is CCc1cnc(C(C)NC2CCCC(C)(C)CC2)s1. The van der Waals surface area contributed by atoms with Crippen molar-refractivity contribution in [2.45, 2.75) is 78.3 Å². The van der Waals surface area contributed by atoms with Crippen molar-refractivity contribution in [3.05, 3.63) is 16.1 Å². The van der Waals surface area contributed by atoms with E-state index in [-0.39, 0.29) is 0 Å². The Balaban J connectivity index is 1.89. The van der Waals surface area contributed by atoms with Gasteiger partial charge in [-0.25, -0.2) is 4.98 Å². The average Bonchev–Trinajstić information content (AvgIpc) is 2.78. The van der Waals surface area contributed by atoms with Crippen molar-refractivity contribution in [1.29, 1.82) is 0 Å². The van der Waals surface area contributed by atoms with E-state index < -0.39 is 0 Å². The quantitative estimate of drug-likeness (QED) is 0.808. The molecule has 3 heteroatoms. The van der Waals surface area contributed by atoms with Crippen LogP contribution in [0.2, 0.25) is 0 Å². The van der Waals surface area contributed by atoms with Crippen LogP contribution in [-0.4, -0.2) is 11.0 Å². The Morgan fingerprint density at radius 1 is 1.42 bits per heavy atom. The minimum absolute atomic E-state index is 0.400. The molecule has 1 saturated carbocycles. The van der Waals surface area contributed by atoms with Gasteiger partial charge in [0.2, 0.25) is 0 Å². The standard InChI is InChI=1S/C16H28N2S/c1-5-14-11-17-15(19-14)12(2)18-13-7-6-9-16(3,4)10-8-13/h11-13,18H,5-10H2,1-4H3. The molecule has 2 rings (SSSR count). The molecule has 0 bridgehead atoms. The van der Waals surface area contributed by atoms with Crippen LogP contribution >= 0.6 is 11.3 Å². The summed E-state index contributed by atoms with van der Waals surface area (Å²) in [6.07, 6.45) is 9.83. The fourth-order valence-electron chi connectivity index (χ4n) is 2.94. The van der Waals surface area contributed by atoms with Crippen molar-refractivity contribution >= 4 is 11.3 Å². The zero-order valence-electron chi connectivity index (χ0n) is 12.8. The third-order valence-electron chi connectivity index (χ3n) is 4.35. The van der Waals surface area contributed by atoms with Crippen molar-refractivity contribution in [3.63, 3.8) is 0 Å². The smallest absolute Gasteiger partial charge is 0.109 e. The summed E-state index contributed by atoms with van der Waals surface area (Å²) >= 11 is 1.86. The summed E-state index contributed by atoms with van der Waals surface area (Å²) in [4.78, 5) is 5.95. The number of hydrogen-bond donors (Lipinski definition) is 1. The van der Waals surface area contributed by atoms with Crippen molar-refractivity contribution in [2.75, 3.05) is 0 Å². The fourth-order valence-corrected chi connectivity index (χ4v) is 3.81. The molecule has 1 aromatic rings. The number of hydrogen-bond acceptors (Lipinski definition) is 3. The minimum atomic E-state index is 0.400. The van der Waals surface area contributed by atoms with Gasteiger partial charge in [0.25, 0.3) is 0 Å². The summed E-state index contributed by atoms with van der Waals surface area (Å²) in [5.41, 5.74) is 0.538. The van der Waals surface area contributed by atoms with Crippen LogP contribution in [0.15, 0.2) is 6.20 Å². The Kier molecular flexibility index (Phi) is 5.02. The van der Waals surface area contributed by atoms with Crippen LogP contribution in [0.1, 0.15) is 75.7 Å². The third-order valence-corrected chi connectivity index (χ3v) is 5.68. The van der Waals surface area contributed by atoms with E-state index in [2.05, 4.69) is 38.0 Å². The van der Waals surface area contributed by atoms with E-state index in [4.69, 9.17) is 0 Å². The highest BCUT2D eigenvalue weighted by atomic mass is 32.1. The second-order valence-electron chi connectivity index (χ2n) is 6.70. The van der Waals surface area contributed by atoms with Crippen LogP contribution in [0.3, 0.4) is 0 Å². The first-order chi connectivity index (χ1) is 9.00. The molecule has 2 unspecified atom stereocenters. The van der Waals surface area contributed by atoms with Gasteiger partial charge in [-0.15, -0.1) is 11.3 Å². The van der Waals surface area contributed by atoms with Gasteiger partial charge in [-0.1, -0.05) is 27.2 Å². The zero-order chi connectivity index (χ0) is 13.9. The Morgan fingerprint density at radius 3 is 2.89 bits per heavy atom. The van der Waals surface area contributed by atoms with Gasteiger partial charge in [0.05, 0.1) is 6.04 Å². The van der Waals surface area contributed by atoms with Crippen LogP contribution in [0, 0.1) is 5.41 Å². The normalized spacial score (nSPS) is 24.9. The van der Waals surface area contributed by atoms with Crippen molar-refractivity contribution in [3.8, 4) is 0 Å². The Labute approximate surface area is 122 Å². The molecular formula is C16H28N2S. The van der Waals surface area contributed by atoms with Gasteiger partial charge < -0.3 is 5.32 Å². The Bertz CT molecular complexity index is 397. The lowest BCUT2D eigenvalue weighted by Crippen LogP contribution is -2.31. The number of aromatic nitrogens is 1. The Hall–Kier alpha value is -0.410. The van der Waals surface area contributed by atoms with E-state index in [0.717, 1.165) is 6.42 Å². The van der Waals surface area contributed by atoms with Gasteiger partial charge in [-0.2, -0.15) is 0 Å². The molecule has 1 aromatic heterocycles. The predicted octanol–water partition coefficient (Wildman–Crippen LogP) is 4.72. The van der Waals surface area contributed by atoms with Crippen LogP contribution in [0.4, 0.5) is 0 Å². The molecular weight excluding hydrogens is 252 g/mol. The van der Waals surface area contributed by atoms with Gasteiger partial charge in [0.1, 0.15) is 5.01 Å². The van der Waals surface area contributed by atoms with Gasteiger partial charge in [-0.05, 0) is 44.4 Å². The minimum Gasteiger partial charge on any atom is -0.305 e. The maximum atomic E-state index is 4.56. The molecule has 19 heavy (non-hydrogen) atoms. The van der Waals surface area contributed by atoms with Crippen LogP contribution < -0.4 is 5.32 Å². The second kappa shape index (κ2) is 6.36.